The van der Waals surface area contributed by atoms with Crippen molar-refractivity contribution < 1.29 is 14.4 Å². The number of amides is 3. The summed E-state index contributed by atoms with van der Waals surface area (Å²) in [6.07, 6.45) is 0. The van der Waals surface area contributed by atoms with Crippen molar-refractivity contribution in [1.29, 1.82) is 0 Å². The molecule has 0 radical (unpaired) electrons. The first-order chi connectivity index (χ1) is 15.8. The minimum Gasteiger partial charge on any atom is -0.350 e. The third-order valence-electron chi connectivity index (χ3n) is 6.05. The van der Waals surface area contributed by atoms with E-state index in [0.717, 1.165) is 16.7 Å². The zero-order valence-electron chi connectivity index (χ0n) is 19.0. The van der Waals surface area contributed by atoms with Gasteiger partial charge >= 0.3 is 0 Å². The Morgan fingerprint density at radius 2 is 1.70 bits per heavy atom. The number of aromatic nitrogens is 2. The maximum Gasteiger partial charge on any atom is 0.272 e. The lowest BCUT2D eigenvalue weighted by Crippen LogP contribution is -2.62. The average Bonchev–Trinajstić information content (AvgIpc) is 3.24. The van der Waals surface area contributed by atoms with Crippen molar-refractivity contribution in [3.63, 3.8) is 0 Å². The van der Waals surface area contributed by atoms with Crippen LogP contribution in [0.25, 0.3) is 0 Å². The predicted molar refractivity (Wildman–Crippen MR) is 123 cm³/mol. The Balaban J connectivity index is 1.47. The highest BCUT2D eigenvalue weighted by Crippen LogP contribution is 2.26. The van der Waals surface area contributed by atoms with Gasteiger partial charge in [0.15, 0.2) is 5.69 Å². The van der Waals surface area contributed by atoms with Crippen LogP contribution in [0.15, 0.2) is 60.7 Å². The van der Waals surface area contributed by atoms with Crippen LogP contribution in [0.1, 0.15) is 44.6 Å². The number of nitrogens with zero attached hydrogens (tertiary/aromatic N) is 3. The molecule has 170 valence electrons. The second-order valence-corrected chi connectivity index (χ2v) is 8.55. The first-order valence-electron chi connectivity index (χ1n) is 10.8. The van der Waals surface area contributed by atoms with Crippen molar-refractivity contribution in [3.8, 4) is 0 Å². The van der Waals surface area contributed by atoms with Gasteiger partial charge in [-0.05, 0) is 25.0 Å². The van der Waals surface area contributed by atoms with Gasteiger partial charge < -0.3 is 15.5 Å². The number of hydrogen-bond acceptors (Lipinski definition) is 4. The molecule has 2 aromatic carbocycles. The topological polar surface area (TPSA) is 96.3 Å². The Bertz CT molecular complexity index is 1200. The number of hydrogen-bond donors (Lipinski definition) is 2. The van der Waals surface area contributed by atoms with Crippen molar-refractivity contribution in [1.82, 2.24) is 25.3 Å². The van der Waals surface area contributed by atoms with Gasteiger partial charge in [0.25, 0.3) is 11.8 Å². The van der Waals surface area contributed by atoms with Crippen molar-refractivity contribution in [3.05, 3.63) is 88.7 Å². The quantitative estimate of drug-likeness (QED) is 0.608. The molecule has 1 aliphatic rings. The minimum atomic E-state index is -1.14. The third kappa shape index (κ3) is 4.50. The first kappa shape index (κ1) is 22.3. The van der Waals surface area contributed by atoms with E-state index in [9.17, 15) is 14.4 Å². The normalized spacial score (nSPS) is 17.4. The zero-order valence-corrected chi connectivity index (χ0v) is 19.0. The molecular formula is C25H27N5O3. The fourth-order valence-electron chi connectivity index (χ4n) is 3.90. The minimum absolute atomic E-state index is 0.147. The number of benzene rings is 2. The van der Waals surface area contributed by atoms with Gasteiger partial charge in [0.05, 0.1) is 6.54 Å². The van der Waals surface area contributed by atoms with E-state index in [2.05, 4.69) is 15.7 Å². The number of carbonyl (C=O) groups excluding carboxylic acids is 3. The smallest absolute Gasteiger partial charge is 0.272 e. The molecule has 3 aromatic rings. The Hall–Kier alpha value is -3.94. The summed E-state index contributed by atoms with van der Waals surface area (Å²) in [5.74, 6) is -1.01. The molecule has 2 heterocycles. The maximum absolute atomic E-state index is 13.1. The molecule has 8 nitrogen and oxygen atoms in total. The highest BCUT2D eigenvalue weighted by molar-refractivity contribution is 6.01. The molecular weight excluding hydrogens is 418 g/mol. The highest BCUT2D eigenvalue weighted by Gasteiger charge is 2.46. The third-order valence-corrected chi connectivity index (χ3v) is 6.05. The van der Waals surface area contributed by atoms with E-state index in [4.69, 9.17) is 0 Å². The van der Waals surface area contributed by atoms with Gasteiger partial charge in [0.1, 0.15) is 11.2 Å². The molecule has 33 heavy (non-hydrogen) atoms. The molecule has 0 bridgehead atoms. The summed E-state index contributed by atoms with van der Waals surface area (Å²) < 4.78 is 1.45. The SMILES string of the molecule is Cc1cccc(CNC(=O)c2cc3n(n2)CC(C)(C(=O)NCc2ccccc2)N(C)C3=O)c1. The Morgan fingerprint density at radius 1 is 1.00 bits per heavy atom. The molecule has 0 saturated heterocycles. The lowest BCUT2D eigenvalue weighted by atomic mass is 9.96. The van der Waals surface area contributed by atoms with E-state index < -0.39 is 5.54 Å². The molecule has 8 heteroatoms. The van der Waals surface area contributed by atoms with Crippen molar-refractivity contribution >= 4 is 17.7 Å². The average molecular weight is 446 g/mol. The molecule has 0 fully saturated rings. The van der Waals surface area contributed by atoms with Crippen LogP contribution in [-0.4, -0.2) is 45.0 Å². The number of nitrogens with one attached hydrogen (secondary N) is 2. The van der Waals surface area contributed by atoms with E-state index in [0.29, 0.717) is 13.1 Å². The molecule has 0 aliphatic carbocycles. The summed E-state index contributed by atoms with van der Waals surface area (Å²) in [6, 6.07) is 18.9. The van der Waals surface area contributed by atoms with E-state index in [1.165, 1.54) is 15.6 Å². The van der Waals surface area contributed by atoms with E-state index >= 15 is 0 Å². The number of likely N-dealkylation sites (N-methyl/N-ethyl adjacent to an activating group) is 1. The molecule has 4 rings (SSSR count). The summed E-state index contributed by atoms with van der Waals surface area (Å²) in [7, 11) is 1.60. The van der Waals surface area contributed by atoms with Gasteiger partial charge in [-0.1, -0.05) is 60.2 Å². The predicted octanol–water partition coefficient (Wildman–Crippen LogP) is 2.28. The van der Waals surface area contributed by atoms with Crippen molar-refractivity contribution in [2.75, 3.05) is 7.05 Å². The van der Waals surface area contributed by atoms with Crippen LogP contribution in [0.4, 0.5) is 0 Å². The standard InChI is InChI=1S/C25H27N5O3/c1-17-8-7-11-19(12-17)15-26-22(31)20-13-21-23(32)29(3)25(2,16-30(21)28-20)24(33)27-14-18-9-5-4-6-10-18/h4-13H,14-16H2,1-3H3,(H,26,31)(H,27,33). The van der Waals surface area contributed by atoms with Crippen molar-refractivity contribution in [2.45, 2.75) is 39.0 Å². The monoisotopic (exact) mass is 445 g/mol. The molecule has 1 atom stereocenters. The van der Waals surface area contributed by atoms with Gasteiger partial charge in [-0.15, -0.1) is 0 Å². The van der Waals surface area contributed by atoms with Crippen LogP contribution in [-0.2, 0) is 24.4 Å². The molecule has 3 amide bonds. The Kier molecular flexibility index (Phi) is 6.00. The summed E-state index contributed by atoms with van der Waals surface area (Å²) in [4.78, 5) is 40.2. The molecule has 0 spiro atoms. The van der Waals surface area contributed by atoms with Gasteiger partial charge in [0.2, 0.25) is 5.91 Å². The van der Waals surface area contributed by atoms with Crippen LogP contribution >= 0.6 is 0 Å². The van der Waals surface area contributed by atoms with Gasteiger partial charge in [-0.3, -0.25) is 19.1 Å². The maximum atomic E-state index is 13.1. The molecule has 1 aliphatic heterocycles. The summed E-state index contributed by atoms with van der Waals surface area (Å²) in [6.45, 7) is 4.56. The fourth-order valence-corrected chi connectivity index (χ4v) is 3.90. The summed E-state index contributed by atoms with van der Waals surface area (Å²) >= 11 is 0. The van der Waals surface area contributed by atoms with Crippen molar-refractivity contribution in [2.24, 2.45) is 0 Å². The number of carbonyl (C=O) groups is 3. The molecule has 1 unspecified atom stereocenters. The highest BCUT2D eigenvalue weighted by atomic mass is 16.2. The number of rotatable bonds is 6. The summed E-state index contributed by atoms with van der Waals surface area (Å²) in [5.41, 5.74) is 2.34. The van der Waals surface area contributed by atoms with Crippen LogP contribution in [0.3, 0.4) is 0 Å². The lowest BCUT2D eigenvalue weighted by Gasteiger charge is -2.40. The van der Waals surface area contributed by atoms with Crippen LogP contribution in [0.2, 0.25) is 0 Å². The largest absolute Gasteiger partial charge is 0.350 e. The lowest BCUT2D eigenvalue weighted by molar-refractivity contribution is -0.132. The zero-order chi connectivity index (χ0) is 23.6. The van der Waals surface area contributed by atoms with E-state index in [1.807, 2.05) is 61.5 Å². The Morgan fingerprint density at radius 3 is 2.42 bits per heavy atom. The molecule has 0 saturated carbocycles. The Labute approximate surface area is 192 Å². The van der Waals surface area contributed by atoms with E-state index in [-0.39, 0.29) is 35.7 Å². The molecule has 2 N–H and O–H groups in total. The second-order valence-electron chi connectivity index (χ2n) is 8.55. The van der Waals surface area contributed by atoms with Crippen LogP contribution in [0, 0.1) is 6.92 Å². The van der Waals surface area contributed by atoms with Crippen LogP contribution < -0.4 is 10.6 Å². The second kappa shape index (κ2) is 8.90. The van der Waals surface area contributed by atoms with E-state index in [1.54, 1.807) is 14.0 Å². The van der Waals surface area contributed by atoms with Gasteiger partial charge in [-0.25, -0.2) is 0 Å². The fraction of sp³-hybridized carbons (Fsp3) is 0.280. The molecule has 1 aromatic heterocycles. The van der Waals surface area contributed by atoms with Gasteiger partial charge in [-0.2, -0.15) is 5.10 Å². The number of aryl methyl sites for hydroxylation is 1. The number of fused-ring (bicyclic) bond motifs is 1. The van der Waals surface area contributed by atoms with Crippen LogP contribution in [0.5, 0.6) is 0 Å². The summed E-state index contributed by atoms with van der Waals surface area (Å²) in [5, 5.41) is 10.1. The van der Waals surface area contributed by atoms with Gasteiger partial charge in [0, 0.05) is 26.2 Å². The first-order valence-corrected chi connectivity index (χ1v) is 10.8.